The van der Waals surface area contributed by atoms with Crippen molar-refractivity contribution in [1.82, 2.24) is 9.80 Å². The summed E-state index contributed by atoms with van der Waals surface area (Å²) in [6.07, 6.45) is 5.70. The van der Waals surface area contributed by atoms with Gasteiger partial charge in [0.2, 0.25) is 5.91 Å². The van der Waals surface area contributed by atoms with Crippen LogP contribution in [0.4, 0.5) is 0 Å². The van der Waals surface area contributed by atoms with Crippen LogP contribution in [0.5, 0.6) is 0 Å². The second kappa shape index (κ2) is 8.30. The zero-order chi connectivity index (χ0) is 15.9. The Morgan fingerprint density at radius 1 is 1.09 bits per heavy atom. The molecule has 0 heterocycles. The molecule has 2 rings (SSSR count). The van der Waals surface area contributed by atoms with E-state index in [2.05, 4.69) is 11.9 Å². The molecule has 0 unspecified atom stereocenters. The van der Waals surface area contributed by atoms with Crippen molar-refractivity contribution in [2.45, 2.75) is 44.8 Å². The Kier molecular flexibility index (Phi) is 6.40. The molecule has 0 saturated heterocycles. The molecular formula is C18H28N2O2. The summed E-state index contributed by atoms with van der Waals surface area (Å²) in [6.45, 7) is 1.76. The maximum atomic E-state index is 12.3. The van der Waals surface area contributed by atoms with Crippen LogP contribution in [-0.2, 0) is 17.8 Å². The lowest BCUT2D eigenvalue weighted by Crippen LogP contribution is -2.38. The molecule has 4 heteroatoms. The lowest BCUT2D eigenvalue weighted by Gasteiger charge is -2.26. The van der Waals surface area contributed by atoms with Crippen molar-refractivity contribution < 1.29 is 9.90 Å². The summed E-state index contributed by atoms with van der Waals surface area (Å²) < 4.78 is 0. The first-order valence-electron chi connectivity index (χ1n) is 8.23. The fraction of sp³-hybridized carbons (Fsp3) is 0.611. The predicted molar refractivity (Wildman–Crippen MR) is 88.6 cm³/mol. The molecule has 1 fully saturated rings. The molecule has 0 aliphatic heterocycles. The Balaban J connectivity index is 1.75. The molecule has 0 radical (unpaired) electrons. The van der Waals surface area contributed by atoms with Crippen molar-refractivity contribution in [2.24, 2.45) is 0 Å². The first-order chi connectivity index (χ1) is 10.6. The molecule has 122 valence electrons. The third-order valence-corrected chi connectivity index (χ3v) is 4.72. The van der Waals surface area contributed by atoms with Crippen molar-refractivity contribution >= 4 is 5.91 Å². The maximum absolute atomic E-state index is 12.3. The van der Waals surface area contributed by atoms with E-state index in [9.17, 15) is 4.79 Å². The quantitative estimate of drug-likeness (QED) is 0.838. The van der Waals surface area contributed by atoms with Crippen LogP contribution in [0, 0.1) is 0 Å². The minimum Gasteiger partial charge on any atom is -0.392 e. The van der Waals surface area contributed by atoms with E-state index < -0.39 is 0 Å². The maximum Gasteiger partial charge on any atom is 0.226 e. The molecule has 1 aliphatic rings. The minimum absolute atomic E-state index is 0.0433. The van der Waals surface area contributed by atoms with E-state index in [4.69, 9.17) is 5.11 Å². The van der Waals surface area contributed by atoms with Crippen LogP contribution in [0.1, 0.15) is 36.8 Å². The molecule has 1 aromatic rings. The highest BCUT2D eigenvalue weighted by atomic mass is 16.3. The van der Waals surface area contributed by atoms with Crippen molar-refractivity contribution in [2.75, 3.05) is 27.2 Å². The highest BCUT2D eigenvalue weighted by Gasteiger charge is 2.20. The van der Waals surface area contributed by atoms with Gasteiger partial charge < -0.3 is 14.9 Å². The summed E-state index contributed by atoms with van der Waals surface area (Å²) in [6, 6.07) is 8.28. The van der Waals surface area contributed by atoms with Crippen LogP contribution in [-0.4, -0.2) is 54.0 Å². The molecule has 1 aliphatic carbocycles. The SMILES string of the molecule is CN(CCN(C)C1CCCC1)C(=O)Cc1ccc(CO)cc1. The van der Waals surface area contributed by atoms with Crippen LogP contribution in [0.2, 0.25) is 0 Å². The summed E-state index contributed by atoms with van der Waals surface area (Å²) in [4.78, 5) is 16.5. The van der Waals surface area contributed by atoms with Crippen LogP contribution in [0.25, 0.3) is 0 Å². The molecule has 1 saturated carbocycles. The van der Waals surface area contributed by atoms with Gasteiger partial charge in [-0.3, -0.25) is 4.79 Å². The standard InChI is InChI=1S/C18H28N2O2/c1-19(17-5-3-4-6-17)11-12-20(2)18(22)13-15-7-9-16(14-21)10-8-15/h7-10,17,21H,3-6,11-14H2,1-2H3. The summed E-state index contributed by atoms with van der Waals surface area (Å²) in [5.41, 5.74) is 1.88. The molecule has 4 nitrogen and oxygen atoms in total. The number of carbonyl (C=O) groups excluding carboxylic acids is 1. The van der Waals surface area contributed by atoms with Crippen LogP contribution in [0.3, 0.4) is 0 Å². The zero-order valence-electron chi connectivity index (χ0n) is 13.8. The lowest BCUT2D eigenvalue weighted by atomic mass is 10.1. The Bertz CT molecular complexity index is 466. The number of benzene rings is 1. The van der Waals surface area contributed by atoms with E-state index in [-0.39, 0.29) is 12.5 Å². The number of hydrogen-bond donors (Lipinski definition) is 1. The molecule has 22 heavy (non-hydrogen) atoms. The number of nitrogens with zero attached hydrogens (tertiary/aromatic N) is 2. The molecule has 0 bridgehead atoms. The van der Waals surface area contributed by atoms with Crippen LogP contribution < -0.4 is 0 Å². The van der Waals surface area contributed by atoms with Gasteiger partial charge >= 0.3 is 0 Å². The molecule has 0 aromatic heterocycles. The topological polar surface area (TPSA) is 43.8 Å². The number of amides is 1. The second-order valence-corrected chi connectivity index (χ2v) is 6.39. The summed E-state index contributed by atoms with van der Waals surface area (Å²) in [5.74, 6) is 0.150. The molecular weight excluding hydrogens is 276 g/mol. The molecule has 1 aromatic carbocycles. The Morgan fingerprint density at radius 3 is 2.27 bits per heavy atom. The van der Waals surface area contributed by atoms with Gasteiger partial charge in [-0.05, 0) is 31.0 Å². The smallest absolute Gasteiger partial charge is 0.226 e. The van der Waals surface area contributed by atoms with E-state index in [0.717, 1.165) is 24.2 Å². The minimum atomic E-state index is 0.0433. The Hall–Kier alpha value is -1.39. The zero-order valence-corrected chi connectivity index (χ0v) is 13.8. The largest absolute Gasteiger partial charge is 0.392 e. The average Bonchev–Trinajstić information content (AvgIpc) is 3.07. The highest BCUT2D eigenvalue weighted by Crippen LogP contribution is 2.22. The highest BCUT2D eigenvalue weighted by molar-refractivity contribution is 5.78. The fourth-order valence-electron chi connectivity index (χ4n) is 3.03. The predicted octanol–water partition coefficient (Wildman–Crippen LogP) is 2.05. The molecule has 1 N–H and O–H groups in total. The number of hydrogen-bond acceptors (Lipinski definition) is 3. The van der Waals surface area contributed by atoms with Crippen molar-refractivity contribution in [3.05, 3.63) is 35.4 Å². The number of likely N-dealkylation sites (N-methyl/N-ethyl adjacent to an activating group) is 2. The van der Waals surface area contributed by atoms with E-state index >= 15 is 0 Å². The summed E-state index contributed by atoms with van der Waals surface area (Å²) >= 11 is 0. The summed E-state index contributed by atoms with van der Waals surface area (Å²) in [7, 11) is 4.05. The van der Waals surface area contributed by atoms with E-state index in [0.29, 0.717) is 12.5 Å². The molecule has 0 atom stereocenters. The van der Waals surface area contributed by atoms with Crippen molar-refractivity contribution in [3.63, 3.8) is 0 Å². The normalized spacial score (nSPS) is 15.5. The van der Waals surface area contributed by atoms with Gasteiger partial charge in [-0.25, -0.2) is 0 Å². The third-order valence-electron chi connectivity index (χ3n) is 4.72. The number of aliphatic hydroxyl groups is 1. The van der Waals surface area contributed by atoms with E-state index in [1.807, 2.05) is 36.2 Å². The molecule has 1 amide bonds. The van der Waals surface area contributed by atoms with Gasteiger partial charge in [0.25, 0.3) is 0 Å². The number of carbonyl (C=O) groups is 1. The van der Waals surface area contributed by atoms with Gasteiger partial charge in [0.15, 0.2) is 0 Å². The van der Waals surface area contributed by atoms with E-state index in [1.165, 1.54) is 25.7 Å². The average molecular weight is 304 g/mol. The van der Waals surface area contributed by atoms with Crippen LogP contribution in [0.15, 0.2) is 24.3 Å². The van der Waals surface area contributed by atoms with Gasteiger partial charge in [0.1, 0.15) is 0 Å². The second-order valence-electron chi connectivity index (χ2n) is 6.39. The van der Waals surface area contributed by atoms with Gasteiger partial charge in [0.05, 0.1) is 13.0 Å². The number of rotatable bonds is 7. The van der Waals surface area contributed by atoms with Crippen molar-refractivity contribution in [3.8, 4) is 0 Å². The van der Waals surface area contributed by atoms with Crippen molar-refractivity contribution in [1.29, 1.82) is 0 Å². The number of aliphatic hydroxyl groups excluding tert-OH is 1. The first-order valence-corrected chi connectivity index (χ1v) is 8.23. The lowest BCUT2D eigenvalue weighted by molar-refractivity contribution is -0.129. The monoisotopic (exact) mass is 304 g/mol. The first kappa shape index (κ1) is 17.0. The third kappa shape index (κ3) is 4.82. The summed E-state index contributed by atoms with van der Waals surface area (Å²) in [5, 5.41) is 9.03. The van der Waals surface area contributed by atoms with Gasteiger partial charge in [-0.15, -0.1) is 0 Å². The van der Waals surface area contributed by atoms with Gasteiger partial charge in [-0.1, -0.05) is 37.1 Å². The Labute approximate surface area is 133 Å². The molecule has 0 spiro atoms. The van der Waals surface area contributed by atoms with E-state index in [1.54, 1.807) is 0 Å². The Morgan fingerprint density at radius 2 is 1.68 bits per heavy atom. The van der Waals surface area contributed by atoms with Crippen LogP contribution >= 0.6 is 0 Å². The van der Waals surface area contributed by atoms with Gasteiger partial charge in [0, 0.05) is 26.2 Å². The van der Waals surface area contributed by atoms with Gasteiger partial charge in [-0.2, -0.15) is 0 Å². The fourth-order valence-corrected chi connectivity index (χ4v) is 3.03.